The van der Waals surface area contributed by atoms with Gasteiger partial charge in [-0.15, -0.1) is 12.4 Å². The number of halogens is 1. The summed E-state index contributed by atoms with van der Waals surface area (Å²) in [7, 11) is 4.47. The maximum absolute atomic E-state index is 12.7. The number of carbonyl (C=O) groups is 2. The van der Waals surface area contributed by atoms with E-state index in [2.05, 4.69) is 15.3 Å². The zero-order valence-electron chi connectivity index (χ0n) is 15.9. The highest BCUT2D eigenvalue weighted by Gasteiger charge is 2.34. The molecule has 0 aliphatic carbocycles. The summed E-state index contributed by atoms with van der Waals surface area (Å²) in [6.07, 6.45) is 3.32. The van der Waals surface area contributed by atoms with Crippen LogP contribution >= 0.6 is 12.4 Å². The Hall–Kier alpha value is -2.99. The first-order valence-corrected chi connectivity index (χ1v) is 8.41. The van der Waals surface area contributed by atoms with Crippen LogP contribution in [0.5, 0.6) is 17.2 Å². The number of rotatable bonds is 5. The van der Waals surface area contributed by atoms with Gasteiger partial charge >= 0.3 is 0 Å². The van der Waals surface area contributed by atoms with E-state index in [1.165, 1.54) is 21.3 Å². The van der Waals surface area contributed by atoms with Crippen molar-refractivity contribution in [2.45, 2.75) is 0 Å². The van der Waals surface area contributed by atoms with E-state index in [9.17, 15) is 9.59 Å². The second kappa shape index (κ2) is 9.22. The molecule has 0 unspecified atom stereocenters. The van der Waals surface area contributed by atoms with Crippen LogP contribution in [-0.2, 0) is 9.59 Å². The Morgan fingerprint density at radius 2 is 1.57 bits per heavy atom. The first-order chi connectivity index (χ1) is 13.6. The maximum Gasteiger partial charge on any atom is 0.259 e. The van der Waals surface area contributed by atoms with Gasteiger partial charge in [0.25, 0.3) is 11.8 Å². The van der Waals surface area contributed by atoms with E-state index in [0.717, 1.165) is 5.39 Å². The smallest absolute Gasteiger partial charge is 0.259 e. The van der Waals surface area contributed by atoms with Crippen LogP contribution in [0.15, 0.2) is 36.7 Å². The maximum atomic E-state index is 12.7. The van der Waals surface area contributed by atoms with Crippen LogP contribution < -0.4 is 19.5 Å². The highest BCUT2D eigenvalue weighted by Crippen LogP contribution is 2.42. The minimum atomic E-state index is -0.493. The van der Waals surface area contributed by atoms with Crippen molar-refractivity contribution in [3.8, 4) is 17.2 Å². The summed E-state index contributed by atoms with van der Waals surface area (Å²) in [6.45, 7) is 0. The van der Waals surface area contributed by atoms with Crippen LogP contribution in [0.1, 0.15) is 11.1 Å². The lowest BCUT2D eigenvalue weighted by Crippen LogP contribution is -2.22. The molecule has 0 radical (unpaired) electrons. The molecule has 1 aromatic carbocycles. The number of nitrogens with zero attached hydrogens (tertiary/aromatic N) is 1. The molecule has 0 saturated carbocycles. The molecule has 0 atom stereocenters. The fourth-order valence-electron chi connectivity index (χ4n) is 3.38. The number of fused-ring (bicyclic) bond motifs is 1. The van der Waals surface area contributed by atoms with Crippen molar-refractivity contribution in [2.24, 2.45) is 0 Å². The molecule has 2 amide bonds. The van der Waals surface area contributed by atoms with E-state index in [0.29, 0.717) is 34.0 Å². The zero-order valence-corrected chi connectivity index (χ0v) is 16.7. The molecule has 2 aromatic heterocycles. The number of carbonyl (C=O) groups excluding carboxylic acids is 2. The molecule has 4 rings (SSSR count). The van der Waals surface area contributed by atoms with Gasteiger partial charge in [-0.25, -0.2) is 4.98 Å². The number of benzene rings is 1. The van der Waals surface area contributed by atoms with Crippen molar-refractivity contribution >= 4 is 63.8 Å². The summed E-state index contributed by atoms with van der Waals surface area (Å²) in [5.74, 6) is 0.204. The number of aromatic nitrogens is 2. The normalized spacial score (nSPS) is 12.9. The third kappa shape index (κ3) is 3.63. The van der Waals surface area contributed by atoms with Gasteiger partial charge in [0.1, 0.15) is 5.65 Å². The molecule has 1 aliphatic rings. The quantitative estimate of drug-likeness (QED) is 0.454. The Morgan fingerprint density at radius 3 is 2.17 bits per heavy atom. The van der Waals surface area contributed by atoms with Crippen LogP contribution in [0.2, 0.25) is 0 Å². The summed E-state index contributed by atoms with van der Waals surface area (Å²) in [4.78, 5) is 32.6. The largest absolute Gasteiger partial charge is 0.493 e. The summed E-state index contributed by atoms with van der Waals surface area (Å²) in [5.41, 5.74) is 2.19. The Labute approximate surface area is 189 Å². The van der Waals surface area contributed by atoms with Crippen molar-refractivity contribution in [2.75, 3.05) is 21.3 Å². The third-order valence-electron chi connectivity index (χ3n) is 4.61. The van der Waals surface area contributed by atoms with Gasteiger partial charge in [0, 0.05) is 23.3 Å². The van der Waals surface area contributed by atoms with Crippen molar-refractivity contribution < 1.29 is 23.8 Å². The fourth-order valence-corrected chi connectivity index (χ4v) is 3.38. The molecule has 3 heterocycles. The number of ether oxygens (including phenoxy) is 3. The van der Waals surface area contributed by atoms with E-state index >= 15 is 0 Å². The van der Waals surface area contributed by atoms with Crippen LogP contribution in [0, 0.1) is 0 Å². The SMILES string of the molecule is COc1cc(C2=C(c3c[nH]c4ncccc34)C(=O)NC2=O)cc(OC)c1OC.Cl.[AlH3]. The van der Waals surface area contributed by atoms with Gasteiger partial charge in [-0.05, 0) is 29.8 Å². The second-order valence-electron chi connectivity index (χ2n) is 6.05. The molecule has 0 fully saturated rings. The number of pyridine rings is 1. The van der Waals surface area contributed by atoms with Gasteiger partial charge in [-0.3, -0.25) is 14.9 Å². The topological polar surface area (TPSA) is 103 Å². The average Bonchev–Trinajstić information content (AvgIpc) is 3.26. The number of methoxy groups -OCH3 is 3. The number of imide groups is 1. The monoisotopic (exact) mass is 445 g/mol. The van der Waals surface area contributed by atoms with Crippen molar-refractivity contribution in [3.05, 3.63) is 47.8 Å². The van der Waals surface area contributed by atoms with Gasteiger partial charge in [0.15, 0.2) is 28.9 Å². The van der Waals surface area contributed by atoms with Gasteiger partial charge in [-0.2, -0.15) is 0 Å². The molecular formula is C20H21AlClN3O5. The van der Waals surface area contributed by atoms with Crippen molar-refractivity contribution in [3.63, 3.8) is 0 Å². The number of H-pyrrole nitrogens is 1. The molecule has 2 N–H and O–H groups in total. The molecule has 0 saturated heterocycles. The molecule has 0 bridgehead atoms. The first-order valence-electron chi connectivity index (χ1n) is 8.41. The number of amides is 2. The molecule has 3 aromatic rings. The summed E-state index contributed by atoms with van der Waals surface area (Å²) < 4.78 is 16.1. The predicted molar refractivity (Wildman–Crippen MR) is 119 cm³/mol. The van der Waals surface area contributed by atoms with Gasteiger partial charge in [0.05, 0.1) is 32.5 Å². The predicted octanol–water partition coefficient (Wildman–Crippen LogP) is 1.39. The lowest BCUT2D eigenvalue weighted by atomic mass is 9.96. The summed E-state index contributed by atoms with van der Waals surface area (Å²) >= 11 is 0. The Kier molecular flexibility index (Phi) is 7.16. The average molecular weight is 446 g/mol. The van der Waals surface area contributed by atoms with E-state index in [1.54, 1.807) is 30.6 Å². The molecule has 0 spiro atoms. The molecular weight excluding hydrogens is 425 g/mol. The zero-order chi connectivity index (χ0) is 19.8. The van der Waals surface area contributed by atoms with E-state index in [-0.39, 0.29) is 40.9 Å². The van der Waals surface area contributed by atoms with Gasteiger partial charge in [-0.1, -0.05) is 0 Å². The summed E-state index contributed by atoms with van der Waals surface area (Å²) in [6, 6.07) is 6.89. The number of hydrogen-bond donors (Lipinski definition) is 2. The first kappa shape index (κ1) is 23.3. The lowest BCUT2D eigenvalue weighted by Gasteiger charge is -2.14. The Balaban J connectivity index is 0.00000160. The summed E-state index contributed by atoms with van der Waals surface area (Å²) in [5, 5.41) is 3.12. The number of aromatic amines is 1. The molecule has 156 valence electrons. The van der Waals surface area contributed by atoms with Gasteiger partial charge < -0.3 is 19.2 Å². The standard InChI is InChI=1S/C20H17N3O5.Al.ClH.3H/c1-26-13-7-10(8-14(27-2)17(13)28-3)15-16(20(25)23-19(15)24)12-9-22-18-11(12)5-4-6-21-18;;;;;/h4-9H,1-3H3,(H,21,22)(H,23,24,25);;1H;;;. The molecule has 10 heteroatoms. The van der Waals surface area contributed by atoms with Crippen molar-refractivity contribution in [1.82, 2.24) is 15.3 Å². The molecule has 30 heavy (non-hydrogen) atoms. The third-order valence-corrected chi connectivity index (χ3v) is 4.61. The number of hydrogen-bond acceptors (Lipinski definition) is 6. The van der Waals surface area contributed by atoms with Crippen LogP contribution in [-0.4, -0.2) is 60.5 Å². The Bertz CT molecular complexity index is 1130. The second-order valence-corrected chi connectivity index (χ2v) is 6.05. The lowest BCUT2D eigenvalue weighted by molar-refractivity contribution is -0.122. The van der Waals surface area contributed by atoms with Crippen LogP contribution in [0.3, 0.4) is 0 Å². The van der Waals surface area contributed by atoms with E-state index in [1.807, 2.05) is 6.07 Å². The fraction of sp³-hybridized carbons (Fsp3) is 0.150. The minimum absolute atomic E-state index is 0. The van der Waals surface area contributed by atoms with E-state index in [4.69, 9.17) is 14.2 Å². The number of nitrogens with one attached hydrogen (secondary N) is 2. The van der Waals surface area contributed by atoms with Crippen LogP contribution in [0.25, 0.3) is 22.2 Å². The molecule has 8 nitrogen and oxygen atoms in total. The molecule has 1 aliphatic heterocycles. The Morgan fingerprint density at radius 1 is 0.933 bits per heavy atom. The van der Waals surface area contributed by atoms with E-state index < -0.39 is 11.8 Å². The highest BCUT2D eigenvalue weighted by atomic mass is 35.5. The van der Waals surface area contributed by atoms with Crippen LogP contribution in [0.4, 0.5) is 0 Å². The minimum Gasteiger partial charge on any atom is -0.493 e. The highest BCUT2D eigenvalue weighted by molar-refractivity contribution is 6.50. The van der Waals surface area contributed by atoms with Crippen molar-refractivity contribution in [1.29, 1.82) is 0 Å². The van der Waals surface area contributed by atoms with Gasteiger partial charge in [0.2, 0.25) is 5.75 Å².